The lowest BCUT2D eigenvalue weighted by Gasteiger charge is -2.21. The van der Waals surface area contributed by atoms with Gasteiger partial charge in [0.2, 0.25) is 0 Å². The van der Waals surface area contributed by atoms with Gasteiger partial charge in [-0.3, -0.25) is 14.9 Å². The normalized spacial score (nSPS) is 19.2. The van der Waals surface area contributed by atoms with E-state index >= 15 is 0 Å². The molecule has 7 heteroatoms. The number of benzene rings is 1. The Labute approximate surface area is 156 Å². The highest BCUT2D eigenvalue weighted by atomic mass is 32.1. The maximum absolute atomic E-state index is 12.6. The summed E-state index contributed by atoms with van der Waals surface area (Å²) >= 11 is 1.48. The monoisotopic (exact) mass is 371 g/mol. The van der Waals surface area contributed by atoms with Gasteiger partial charge < -0.3 is 10.6 Å². The fourth-order valence-electron chi connectivity index (χ4n) is 3.00. The van der Waals surface area contributed by atoms with E-state index in [9.17, 15) is 14.4 Å². The molecule has 1 fully saturated rings. The highest BCUT2D eigenvalue weighted by Crippen LogP contribution is 2.28. The second-order valence-electron chi connectivity index (χ2n) is 6.51. The highest BCUT2D eigenvalue weighted by molar-refractivity contribution is 7.14. The van der Waals surface area contributed by atoms with E-state index in [2.05, 4.69) is 22.9 Å². The van der Waals surface area contributed by atoms with Crippen molar-refractivity contribution in [3.63, 3.8) is 0 Å². The fourth-order valence-corrected chi connectivity index (χ4v) is 3.96. The van der Waals surface area contributed by atoms with Crippen molar-refractivity contribution in [2.75, 3.05) is 5.32 Å². The van der Waals surface area contributed by atoms with Crippen molar-refractivity contribution in [1.29, 1.82) is 0 Å². The number of urea groups is 1. The number of thiophene rings is 1. The van der Waals surface area contributed by atoms with Gasteiger partial charge in [0.1, 0.15) is 5.54 Å². The lowest BCUT2D eigenvalue weighted by molar-refractivity contribution is -0.123. The second kappa shape index (κ2) is 6.92. The Morgan fingerprint density at radius 1 is 1.27 bits per heavy atom. The predicted octanol–water partition coefficient (Wildman–Crippen LogP) is 3.32. The minimum atomic E-state index is -1.15. The Kier molecular flexibility index (Phi) is 4.82. The Balaban J connectivity index is 1.81. The Hall–Kier alpha value is -2.67. The molecule has 136 valence electrons. The summed E-state index contributed by atoms with van der Waals surface area (Å²) in [5, 5.41) is 7.74. The fraction of sp³-hybridized carbons (Fsp3) is 0.316. The number of amides is 4. The minimum Gasteiger partial charge on any atom is -0.321 e. The van der Waals surface area contributed by atoms with Crippen LogP contribution in [-0.4, -0.2) is 17.8 Å². The number of carbonyl (C=O) groups excluding carboxylic acids is 3. The number of aryl methyl sites for hydroxylation is 2. The molecule has 2 aromatic rings. The first-order valence-electron chi connectivity index (χ1n) is 8.48. The first kappa shape index (κ1) is 18.1. The lowest BCUT2D eigenvalue weighted by atomic mass is 9.92. The van der Waals surface area contributed by atoms with E-state index in [1.165, 1.54) is 16.9 Å². The number of nitrogens with one attached hydrogen (secondary N) is 3. The molecule has 3 N–H and O–H groups in total. The molecule has 0 saturated carbocycles. The van der Waals surface area contributed by atoms with Gasteiger partial charge in [-0.1, -0.05) is 25.5 Å². The molecular formula is C19H21N3O3S. The summed E-state index contributed by atoms with van der Waals surface area (Å²) in [6.07, 6.45) is 1.99. The van der Waals surface area contributed by atoms with Gasteiger partial charge in [0, 0.05) is 10.6 Å². The molecule has 1 atom stereocenters. The molecule has 1 aliphatic rings. The number of anilines is 1. The van der Waals surface area contributed by atoms with Crippen LogP contribution in [0.1, 0.15) is 45.9 Å². The summed E-state index contributed by atoms with van der Waals surface area (Å²) in [7, 11) is 0. The van der Waals surface area contributed by atoms with Crippen LogP contribution in [0.15, 0.2) is 30.3 Å². The zero-order valence-electron chi connectivity index (χ0n) is 14.9. The van der Waals surface area contributed by atoms with Crippen molar-refractivity contribution in [2.45, 2.75) is 39.2 Å². The average molecular weight is 371 g/mol. The highest BCUT2D eigenvalue weighted by Gasteiger charge is 2.43. The maximum atomic E-state index is 12.6. The van der Waals surface area contributed by atoms with Crippen LogP contribution in [0.5, 0.6) is 0 Å². The van der Waals surface area contributed by atoms with E-state index in [-0.39, 0.29) is 5.91 Å². The van der Waals surface area contributed by atoms with Crippen LogP contribution in [0.4, 0.5) is 10.5 Å². The predicted molar refractivity (Wildman–Crippen MR) is 101 cm³/mol. The molecule has 0 bridgehead atoms. The van der Waals surface area contributed by atoms with E-state index in [0.717, 1.165) is 17.7 Å². The van der Waals surface area contributed by atoms with Crippen molar-refractivity contribution >= 4 is 34.9 Å². The van der Waals surface area contributed by atoms with Gasteiger partial charge in [0.25, 0.3) is 11.8 Å². The molecule has 0 radical (unpaired) electrons. The molecule has 1 unspecified atom stereocenters. The van der Waals surface area contributed by atoms with Crippen LogP contribution in [0.25, 0.3) is 0 Å². The second-order valence-corrected chi connectivity index (χ2v) is 7.77. The zero-order valence-corrected chi connectivity index (χ0v) is 15.8. The summed E-state index contributed by atoms with van der Waals surface area (Å²) in [4.78, 5) is 37.9. The van der Waals surface area contributed by atoms with Crippen LogP contribution in [0, 0.1) is 6.92 Å². The summed E-state index contributed by atoms with van der Waals surface area (Å²) < 4.78 is 0. The van der Waals surface area contributed by atoms with Gasteiger partial charge in [0.05, 0.1) is 4.88 Å². The van der Waals surface area contributed by atoms with Gasteiger partial charge in [-0.05, 0) is 49.6 Å². The quantitative estimate of drug-likeness (QED) is 0.705. The van der Waals surface area contributed by atoms with Crippen LogP contribution in [0.2, 0.25) is 0 Å². The first-order valence-corrected chi connectivity index (χ1v) is 9.30. The molecule has 2 heterocycles. The van der Waals surface area contributed by atoms with Crippen molar-refractivity contribution in [1.82, 2.24) is 10.6 Å². The number of carbonyl (C=O) groups is 3. The van der Waals surface area contributed by atoms with Crippen molar-refractivity contribution < 1.29 is 14.4 Å². The molecule has 1 aromatic heterocycles. The first-order chi connectivity index (χ1) is 12.3. The van der Waals surface area contributed by atoms with Crippen LogP contribution in [-0.2, 0) is 16.8 Å². The number of rotatable bonds is 5. The Morgan fingerprint density at radius 3 is 2.69 bits per heavy atom. The molecule has 0 aliphatic carbocycles. The number of hydrogen-bond acceptors (Lipinski definition) is 4. The van der Waals surface area contributed by atoms with Crippen molar-refractivity contribution in [2.24, 2.45) is 0 Å². The van der Waals surface area contributed by atoms with Gasteiger partial charge in [-0.2, -0.15) is 0 Å². The van der Waals surface area contributed by atoms with E-state index in [4.69, 9.17) is 0 Å². The van der Waals surface area contributed by atoms with Crippen molar-refractivity contribution in [3.8, 4) is 0 Å². The molecule has 4 amide bonds. The molecule has 26 heavy (non-hydrogen) atoms. The van der Waals surface area contributed by atoms with E-state index in [0.29, 0.717) is 16.1 Å². The van der Waals surface area contributed by atoms with Crippen LogP contribution >= 0.6 is 11.3 Å². The number of imide groups is 1. The number of hydrogen-bond donors (Lipinski definition) is 3. The third-order valence-electron chi connectivity index (χ3n) is 4.51. The SMILES string of the molecule is CCCc1cc(C(=O)Nc2cccc(C3(C)NC(=O)NC3=O)c2)sc1C. The molecule has 1 saturated heterocycles. The Bertz CT molecular complexity index is 890. The zero-order chi connectivity index (χ0) is 18.9. The van der Waals surface area contributed by atoms with Crippen LogP contribution in [0.3, 0.4) is 0 Å². The molecule has 3 rings (SSSR count). The summed E-state index contributed by atoms with van der Waals surface area (Å²) in [6.45, 7) is 5.77. The van der Waals surface area contributed by atoms with Crippen molar-refractivity contribution in [3.05, 3.63) is 51.2 Å². The average Bonchev–Trinajstić information content (AvgIpc) is 3.08. The topological polar surface area (TPSA) is 87.3 Å². The summed E-state index contributed by atoms with van der Waals surface area (Å²) in [5.41, 5.74) is 1.23. The lowest BCUT2D eigenvalue weighted by Crippen LogP contribution is -2.40. The summed E-state index contributed by atoms with van der Waals surface area (Å²) in [6, 6.07) is 8.37. The molecule has 1 aliphatic heterocycles. The third-order valence-corrected chi connectivity index (χ3v) is 5.60. The smallest absolute Gasteiger partial charge is 0.321 e. The molecular weight excluding hydrogens is 350 g/mol. The van der Waals surface area contributed by atoms with Gasteiger partial charge in [-0.15, -0.1) is 11.3 Å². The van der Waals surface area contributed by atoms with E-state index in [1.54, 1.807) is 31.2 Å². The van der Waals surface area contributed by atoms with Gasteiger partial charge in [0.15, 0.2) is 0 Å². The van der Waals surface area contributed by atoms with E-state index in [1.807, 2.05) is 13.0 Å². The molecule has 0 spiro atoms. The summed E-state index contributed by atoms with van der Waals surface area (Å²) in [5.74, 6) is -0.591. The maximum Gasteiger partial charge on any atom is 0.322 e. The largest absolute Gasteiger partial charge is 0.322 e. The van der Waals surface area contributed by atoms with Gasteiger partial charge >= 0.3 is 6.03 Å². The third kappa shape index (κ3) is 3.35. The minimum absolute atomic E-state index is 0.178. The molecule has 6 nitrogen and oxygen atoms in total. The van der Waals surface area contributed by atoms with E-state index < -0.39 is 17.5 Å². The van der Waals surface area contributed by atoms with Crippen LogP contribution < -0.4 is 16.0 Å². The Morgan fingerprint density at radius 2 is 2.04 bits per heavy atom. The standard InChI is InChI=1S/C19H21N3O3S/c1-4-6-12-9-15(26-11(12)2)16(23)20-14-8-5-7-13(10-14)19(3)17(24)21-18(25)22-19/h5,7-10H,4,6H2,1-3H3,(H,20,23)(H2,21,22,24,25). The molecule has 1 aromatic carbocycles. The van der Waals surface area contributed by atoms with Gasteiger partial charge in [-0.25, -0.2) is 4.79 Å².